The van der Waals surface area contributed by atoms with Crippen LogP contribution in [-0.2, 0) is 4.74 Å². The number of ether oxygens (including phenoxy) is 2. The van der Waals surface area contributed by atoms with Gasteiger partial charge in [0.2, 0.25) is 0 Å². The molecule has 132 valence electrons. The molecule has 0 spiro atoms. The molecule has 0 aliphatic heterocycles. The number of nitrogens with one attached hydrogen (secondary N) is 2. The van der Waals surface area contributed by atoms with E-state index in [1.54, 1.807) is 62.4 Å². The minimum Gasteiger partial charge on any atom is -0.471 e. The third-order valence-corrected chi connectivity index (χ3v) is 3.37. The van der Waals surface area contributed by atoms with E-state index in [1.165, 1.54) is 0 Å². The Bertz CT molecular complexity index is 717. The number of hydrogen-bond acceptors (Lipinski definition) is 4. The Morgan fingerprint density at radius 2 is 1.72 bits per heavy atom. The van der Waals surface area contributed by atoms with Gasteiger partial charge >= 0.3 is 12.0 Å². The molecule has 2 aromatic carbocycles. The van der Waals surface area contributed by atoms with E-state index in [0.717, 1.165) is 0 Å². The maximum atomic E-state index is 12.0. The largest absolute Gasteiger partial charge is 0.471 e. The molecular weight excluding hydrogens is 344 g/mol. The summed E-state index contributed by atoms with van der Waals surface area (Å²) in [5, 5.41) is 5.92. The van der Waals surface area contributed by atoms with Crippen molar-refractivity contribution in [1.29, 1.82) is 0 Å². The van der Waals surface area contributed by atoms with Gasteiger partial charge in [-0.3, -0.25) is 0 Å². The average Bonchev–Trinajstić information content (AvgIpc) is 2.57. The van der Waals surface area contributed by atoms with Crippen molar-refractivity contribution in [2.45, 2.75) is 20.1 Å². The fourth-order valence-electron chi connectivity index (χ4n) is 2.00. The molecular formula is C18H19ClN2O4. The topological polar surface area (TPSA) is 76.7 Å². The molecule has 0 radical (unpaired) electrons. The number of carbonyl (C=O) groups is 2. The number of hydrogen-bond donors (Lipinski definition) is 2. The molecule has 0 aliphatic carbocycles. The van der Waals surface area contributed by atoms with E-state index in [1.807, 2.05) is 0 Å². The van der Waals surface area contributed by atoms with Crippen LogP contribution in [0.3, 0.4) is 0 Å². The SMILES string of the molecule is CCOC(=O)c1ccc(NC(=O)NC(C)Oc2ccc(Cl)cc2)cc1. The van der Waals surface area contributed by atoms with Gasteiger partial charge in [0.15, 0.2) is 6.23 Å². The molecule has 0 heterocycles. The van der Waals surface area contributed by atoms with Gasteiger partial charge in [0.1, 0.15) is 5.75 Å². The van der Waals surface area contributed by atoms with Crippen LogP contribution < -0.4 is 15.4 Å². The monoisotopic (exact) mass is 362 g/mol. The number of rotatable bonds is 6. The third kappa shape index (κ3) is 6.00. The number of carbonyl (C=O) groups excluding carboxylic acids is 2. The fourth-order valence-corrected chi connectivity index (χ4v) is 2.13. The normalized spacial score (nSPS) is 11.3. The Kier molecular flexibility index (Phi) is 6.65. The van der Waals surface area contributed by atoms with Crippen molar-refractivity contribution in [1.82, 2.24) is 5.32 Å². The van der Waals surface area contributed by atoms with Crippen molar-refractivity contribution in [2.75, 3.05) is 11.9 Å². The molecule has 0 fully saturated rings. The maximum Gasteiger partial charge on any atom is 0.338 e. The van der Waals surface area contributed by atoms with E-state index in [2.05, 4.69) is 10.6 Å². The van der Waals surface area contributed by atoms with Gasteiger partial charge in [-0.15, -0.1) is 0 Å². The van der Waals surface area contributed by atoms with Crippen LogP contribution in [0, 0.1) is 0 Å². The lowest BCUT2D eigenvalue weighted by molar-refractivity contribution is 0.0526. The smallest absolute Gasteiger partial charge is 0.338 e. The van der Waals surface area contributed by atoms with E-state index in [9.17, 15) is 9.59 Å². The van der Waals surface area contributed by atoms with E-state index < -0.39 is 18.2 Å². The van der Waals surface area contributed by atoms with Crippen LogP contribution in [-0.4, -0.2) is 24.8 Å². The zero-order chi connectivity index (χ0) is 18.2. The summed E-state index contributed by atoms with van der Waals surface area (Å²) in [5.41, 5.74) is 0.969. The lowest BCUT2D eigenvalue weighted by Crippen LogP contribution is -2.39. The first kappa shape index (κ1) is 18.6. The van der Waals surface area contributed by atoms with Gasteiger partial charge in [-0.25, -0.2) is 9.59 Å². The Labute approximate surface area is 151 Å². The van der Waals surface area contributed by atoms with E-state index in [0.29, 0.717) is 28.6 Å². The molecule has 2 N–H and O–H groups in total. The highest BCUT2D eigenvalue weighted by Gasteiger charge is 2.10. The first-order chi connectivity index (χ1) is 12.0. The summed E-state index contributed by atoms with van der Waals surface area (Å²) in [5.74, 6) is 0.194. The lowest BCUT2D eigenvalue weighted by atomic mass is 10.2. The molecule has 0 bridgehead atoms. The van der Waals surface area contributed by atoms with Crippen LogP contribution in [0.2, 0.25) is 5.02 Å². The highest BCUT2D eigenvalue weighted by molar-refractivity contribution is 6.30. The first-order valence-corrected chi connectivity index (χ1v) is 8.12. The number of halogens is 1. The van der Waals surface area contributed by atoms with Crippen LogP contribution in [0.5, 0.6) is 5.75 Å². The Morgan fingerprint density at radius 1 is 1.08 bits per heavy atom. The van der Waals surface area contributed by atoms with Gasteiger partial charge in [0.05, 0.1) is 12.2 Å². The molecule has 25 heavy (non-hydrogen) atoms. The molecule has 7 heteroatoms. The highest BCUT2D eigenvalue weighted by Crippen LogP contribution is 2.16. The van der Waals surface area contributed by atoms with Gasteiger partial charge in [0, 0.05) is 10.7 Å². The van der Waals surface area contributed by atoms with Crippen LogP contribution >= 0.6 is 11.6 Å². The van der Waals surface area contributed by atoms with Crippen LogP contribution in [0.1, 0.15) is 24.2 Å². The van der Waals surface area contributed by atoms with Crippen molar-refractivity contribution in [3.05, 3.63) is 59.1 Å². The summed E-state index contributed by atoms with van der Waals surface area (Å²) in [6.45, 7) is 3.76. The molecule has 6 nitrogen and oxygen atoms in total. The van der Waals surface area contributed by atoms with Gasteiger partial charge in [-0.1, -0.05) is 11.6 Å². The molecule has 0 aromatic heterocycles. The van der Waals surface area contributed by atoms with Crippen molar-refractivity contribution in [2.24, 2.45) is 0 Å². The zero-order valence-electron chi connectivity index (χ0n) is 13.9. The van der Waals surface area contributed by atoms with Crippen molar-refractivity contribution in [3.63, 3.8) is 0 Å². The summed E-state index contributed by atoms with van der Waals surface area (Å²) in [7, 11) is 0. The minimum absolute atomic E-state index is 0.312. The van der Waals surface area contributed by atoms with Gasteiger partial charge in [-0.05, 0) is 62.4 Å². The third-order valence-electron chi connectivity index (χ3n) is 3.11. The molecule has 2 rings (SSSR count). The second-order valence-corrected chi connectivity index (χ2v) is 5.55. The molecule has 1 unspecified atom stereocenters. The number of anilines is 1. The van der Waals surface area contributed by atoms with E-state index >= 15 is 0 Å². The Hall–Kier alpha value is -2.73. The van der Waals surface area contributed by atoms with Crippen LogP contribution in [0.25, 0.3) is 0 Å². The maximum absolute atomic E-state index is 12.0. The lowest BCUT2D eigenvalue weighted by Gasteiger charge is -2.17. The number of esters is 1. The summed E-state index contributed by atoms with van der Waals surface area (Å²) in [6.07, 6.45) is -0.542. The molecule has 2 amide bonds. The number of amides is 2. The first-order valence-electron chi connectivity index (χ1n) is 7.75. The van der Waals surface area contributed by atoms with E-state index in [4.69, 9.17) is 21.1 Å². The Balaban J connectivity index is 1.84. The summed E-state index contributed by atoms with van der Waals surface area (Å²) >= 11 is 5.81. The minimum atomic E-state index is -0.542. The van der Waals surface area contributed by atoms with Gasteiger partial charge in [0.25, 0.3) is 0 Å². The predicted molar refractivity (Wildman–Crippen MR) is 96.1 cm³/mol. The molecule has 0 aliphatic rings. The number of benzene rings is 2. The standard InChI is InChI=1S/C18H19ClN2O4/c1-3-24-17(22)13-4-8-15(9-5-13)21-18(23)20-12(2)25-16-10-6-14(19)7-11-16/h4-12H,3H2,1-2H3,(H2,20,21,23). The molecule has 0 saturated heterocycles. The summed E-state index contributed by atoms with van der Waals surface area (Å²) < 4.78 is 10.5. The Morgan fingerprint density at radius 3 is 2.32 bits per heavy atom. The second-order valence-electron chi connectivity index (χ2n) is 5.11. The molecule has 0 saturated carbocycles. The van der Waals surface area contributed by atoms with Crippen molar-refractivity contribution >= 4 is 29.3 Å². The van der Waals surface area contributed by atoms with Crippen LogP contribution in [0.4, 0.5) is 10.5 Å². The van der Waals surface area contributed by atoms with E-state index in [-0.39, 0.29) is 0 Å². The second kappa shape index (κ2) is 8.94. The zero-order valence-corrected chi connectivity index (χ0v) is 14.7. The highest BCUT2D eigenvalue weighted by atomic mass is 35.5. The molecule has 1 atom stereocenters. The summed E-state index contributed by atoms with van der Waals surface area (Å²) in [6, 6.07) is 12.8. The quantitative estimate of drug-likeness (QED) is 0.600. The predicted octanol–water partition coefficient (Wildman–Crippen LogP) is 4.06. The summed E-state index contributed by atoms with van der Waals surface area (Å²) in [4.78, 5) is 23.5. The molecule has 2 aromatic rings. The van der Waals surface area contributed by atoms with Gasteiger partial charge < -0.3 is 20.1 Å². The van der Waals surface area contributed by atoms with Crippen LogP contribution in [0.15, 0.2) is 48.5 Å². The fraction of sp³-hybridized carbons (Fsp3) is 0.222. The average molecular weight is 363 g/mol. The van der Waals surface area contributed by atoms with Crippen molar-refractivity contribution < 1.29 is 19.1 Å². The van der Waals surface area contributed by atoms with Crippen molar-refractivity contribution in [3.8, 4) is 5.75 Å². The number of urea groups is 1. The van der Waals surface area contributed by atoms with Gasteiger partial charge in [-0.2, -0.15) is 0 Å².